The molecule has 0 radical (unpaired) electrons. The highest BCUT2D eigenvalue weighted by Gasteiger charge is 2.15. The molecule has 2 aromatic carbocycles. The van der Waals surface area contributed by atoms with Gasteiger partial charge in [0.25, 0.3) is 11.5 Å². The van der Waals surface area contributed by atoms with E-state index in [9.17, 15) is 9.59 Å². The lowest BCUT2D eigenvalue weighted by Crippen LogP contribution is -2.22. The van der Waals surface area contributed by atoms with Crippen molar-refractivity contribution in [2.75, 3.05) is 5.73 Å². The molecule has 6 rings (SSSR count). The Balaban J connectivity index is 0.000000207. The number of pyridine rings is 1. The molecule has 4 aromatic heterocycles. The van der Waals surface area contributed by atoms with E-state index < -0.39 is 5.91 Å². The molecule has 0 atom stereocenters. The quantitative estimate of drug-likeness (QED) is 0.337. The first-order chi connectivity index (χ1) is 19.4. The normalized spacial score (nSPS) is 10.6. The number of benzene rings is 2. The van der Waals surface area contributed by atoms with Crippen LogP contribution in [0.1, 0.15) is 34.2 Å². The molecule has 0 fully saturated rings. The summed E-state index contributed by atoms with van der Waals surface area (Å²) in [6.45, 7) is 2.06. The average Bonchev–Trinajstić information content (AvgIpc) is 3.53. The largest absolute Gasteiger partial charge is 0.381 e. The molecule has 0 saturated heterocycles. The maximum absolute atomic E-state index is 13.4. The van der Waals surface area contributed by atoms with E-state index in [4.69, 9.17) is 11.5 Å². The molecule has 0 saturated carbocycles. The third-order valence-electron chi connectivity index (χ3n) is 6.21. The van der Waals surface area contributed by atoms with Crippen molar-refractivity contribution in [3.63, 3.8) is 0 Å². The van der Waals surface area contributed by atoms with Gasteiger partial charge < -0.3 is 11.5 Å². The molecule has 10 nitrogen and oxygen atoms in total. The zero-order valence-corrected chi connectivity index (χ0v) is 21.9. The highest BCUT2D eigenvalue weighted by Crippen LogP contribution is 2.19. The van der Waals surface area contributed by atoms with E-state index in [1.54, 1.807) is 27.7 Å². The van der Waals surface area contributed by atoms with Gasteiger partial charge in [-0.15, -0.1) is 5.10 Å². The average molecular weight is 531 g/mol. The lowest BCUT2D eigenvalue weighted by Gasteiger charge is -2.14. The highest BCUT2D eigenvalue weighted by molar-refractivity contribution is 6.03. The Bertz CT molecular complexity index is 1970. The summed E-state index contributed by atoms with van der Waals surface area (Å²) in [5.74, 6) is 5.68. The first kappa shape index (κ1) is 25.9. The summed E-state index contributed by atoms with van der Waals surface area (Å²) in [5, 5.41) is 9.70. The van der Waals surface area contributed by atoms with Crippen molar-refractivity contribution in [2.24, 2.45) is 12.8 Å². The maximum atomic E-state index is 13.4. The molecular formula is C30H26N8O2. The molecule has 0 aliphatic carbocycles. The lowest BCUT2D eigenvalue weighted by molar-refractivity contribution is 0.100. The number of carbonyl (C=O) groups is 1. The number of carbonyl (C=O) groups excluding carboxylic acids is 1. The van der Waals surface area contributed by atoms with E-state index in [0.717, 1.165) is 28.8 Å². The second-order valence-electron chi connectivity index (χ2n) is 8.87. The summed E-state index contributed by atoms with van der Waals surface area (Å²) < 4.78 is 4.91. The van der Waals surface area contributed by atoms with Crippen LogP contribution in [0.5, 0.6) is 0 Å². The van der Waals surface area contributed by atoms with Crippen LogP contribution in [0, 0.1) is 11.8 Å². The van der Waals surface area contributed by atoms with Gasteiger partial charge in [-0.2, -0.15) is 5.10 Å². The second-order valence-corrected chi connectivity index (χ2v) is 8.87. The van der Waals surface area contributed by atoms with Crippen LogP contribution in [0.25, 0.3) is 22.1 Å². The molecule has 1 amide bonds. The van der Waals surface area contributed by atoms with E-state index in [-0.39, 0.29) is 16.9 Å². The fourth-order valence-electron chi connectivity index (χ4n) is 4.39. The molecule has 6 aromatic rings. The number of anilines is 1. The van der Waals surface area contributed by atoms with Crippen LogP contribution in [0.3, 0.4) is 0 Å². The Morgan fingerprint density at radius 2 is 1.77 bits per heavy atom. The number of nitrogen functional groups attached to an aromatic ring is 1. The van der Waals surface area contributed by atoms with Crippen LogP contribution in [0.2, 0.25) is 0 Å². The third kappa shape index (κ3) is 5.04. The molecule has 4 N–H and O–H groups in total. The number of aryl methyl sites for hydroxylation is 2. The molecule has 0 spiro atoms. The van der Waals surface area contributed by atoms with E-state index in [0.29, 0.717) is 16.7 Å². The molecule has 0 bridgehead atoms. The SMILES string of the molecule is CCc1cc2cccc(C#Cc3ccn(C)n3)c2c(=O)n1-c1ccccc1.NC(=O)c1c(N)nn2cccnc12. The first-order valence-corrected chi connectivity index (χ1v) is 12.5. The van der Waals surface area contributed by atoms with E-state index in [1.165, 1.54) is 4.52 Å². The molecule has 10 heteroatoms. The Hall–Kier alpha value is -5.69. The number of primary amides is 1. The van der Waals surface area contributed by atoms with Crippen molar-refractivity contribution >= 4 is 28.1 Å². The number of nitrogens with two attached hydrogens (primary N) is 2. The van der Waals surface area contributed by atoms with Gasteiger partial charge in [-0.3, -0.25) is 18.8 Å². The number of aromatic nitrogens is 6. The molecule has 0 unspecified atom stereocenters. The number of fused-ring (bicyclic) bond motifs is 2. The van der Waals surface area contributed by atoms with E-state index in [2.05, 4.69) is 40.0 Å². The van der Waals surface area contributed by atoms with Gasteiger partial charge in [0.05, 0.1) is 5.39 Å². The van der Waals surface area contributed by atoms with Gasteiger partial charge in [0.1, 0.15) is 11.3 Å². The van der Waals surface area contributed by atoms with Gasteiger partial charge in [-0.25, -0.2) is 9.50 Å². The van der Waals surface area contributed by atoms with E-state index >= 15 is 0 Å². The number of nitrogens with zero attached hydrogens (tertiary/aromatic N) is 6. The van der Waals surface area contributed by atoms with Crippen LogP contribution in [0.4, 0.5) is 5.82 Å². The van der Waals surface area contributed by atoms with Gasteiger partial charge >= 0.3 is 0 Å². The van der Waals surface area contributed by atoms with Crippen molar-refractivity contribution in [3.8, 4) is 17.5 Å². The molecule has 40 heavy (non-hydrogen) atoms. The number of hydrogen-bond acceptors (Lipinski definition) is 6. The van der Waals surface area contributed by atoms with Gasteiger partial charge in [0.15, 0.2) is 11.5 Å². The first-order valence-electron chi connectivity index (χ1n) is 12.5. The van der Waals surface area contributed by atoms with Crippen LogP contribution >= 0.6 is 0 Å². The highest BCUT2D eigenvalue weighted by atomic mass is 16.1. The van der Waals surface area contributed by atoms with Gasteiger partial charge in [0.2, 0.25) is 0 Å². The summed E-state index contributed by atoms with van der Waals surface area (Å²) in [4.78, 5) is 28.3. The van der Waals surface area contributed by atoms with Crippen LogP contribution in [-0.2, 0) is 13.5 Å². The molecule has 198 valence electrons. The van der Waals surface area contributed by atoms with Gasteiger partial charge in [0, 0.05) is 42.6 Å². The lowest BCUT2D eigenvalue weighted by atomic mass is 10.0. The van der Waals surface area contributed by atoms with Gasteiger partial charge in [-0.05, 0) is 54.1 Å². The topological polar surface area (TPSA) is 139 Å². The monoisotopic (exact) mass is 530 g/mol. The number of amides is 1. The van der Waals surface area contributed by atoms with Crippen molar-refractivity contribution in [1.82, 2.24) is 28.9 Å². The van der Waals surface area contributed by atoms with Crippen LogP contribution < -0.4 is 17.0 Å². The minimum Gasteiger partial charge on any atom is -0.381 e. The standard InChI is InChI=1S/C23H19N3O.C7H7N5O/c1-3-20-16-18-9-7-8-17(12-13-19-14-15-25(2)24-19)22(18)23(27)26(20)21-10-5-4-6-11-21;8-5-4(6(9)13)7-10-2-1-3-12(7)11-5/h4-11,14-16H,3H2,1-2H3;1-3H,(H2,8,11)(H2,9,13). The predicted molar refractivity (Wildman–Crippen MR) is 154 cm³/mol. The number of rotatable bonds is 3. The smallest absolute Gasteiger partial charge is 0.264 e. The molecule has 0 aliphatic rings. The Labute approximate surface area is 229 Å². The summed E-state index contributed by atoms with van der Waals surface area (Å²) in [6, 6.07) is 21.2. The third-order valence-corrected chi connectivity index (χ3v) is 6.21. The van der Waals surface area contributed by atoms with Crippen LogP contribution in [-0.4, -0.2) is 34.9 Å². The summed E-state index contributed by atoms with van der Waals surface area (Å²) in [5.41, 5.74) is 14.4. The zero-order valence-electron chi connectivity index (χ0n) is 21.9. The van der Waals surface area contributed by atoms with Crippen LogP contribution in [0.15, 0.2) is 90.1 Å². The molecule has 0 aliphatic heterocycles. The Kier molecular flexibility index (Phi) is 7.11. The summed E-state index contributed by atoms with van der Waals surface area (Å²) in [7, 11) is 1.86. The fraction of sp³-hybridized carbons (Fsp3) is 0.100. The Morgan fingerprint density at radius 3 is 2.48 bits per heavy atom. The fourth-order valence-corrected chi connectivity index (χ4v) is 4.39. The Morgan fingerprint density at radius 1 is 0.975 bits per heavy atom. The molecular weight excluding hydrogens is 504 g/mol. The maximum Gasteiger partial charge on any atom is 0.264 e. The second kappa shape index (κ2) is 11.0. The minimum atomic E-state index is -0.619. The van der Waals surface area contributed by atoms with Crippen molar-refractivity contribution in [3.05, 3.63) is 118 Å². The predicted octanol–water partition coefficient (Wildman–Crippen LogP) is 3.10. The number of para-hydroxylation sites is 1. The van der Waals surface area contributed by atoms with Crippen molar-refractivity contribution in [1.29, 1.82) is 0 Å². The zero-order chi connectivity index (χ0) is 28.2. The number of hydrogen-bond donors (Lipinski definition) is 2. The summed E-state index contributed by atoms with van der Waals surface area (Å²) >= 11 is 0. The van der Waals surface area contributed by atoms with E-state index in [1.807, 2.05) is 67.8 Å². The van der Waals surface area contributed by atoms with Crippen molar-refractivity contribution < 1.29 is 4.79 Å². The van der Waals surface area contributed by atoms with Gasteiger partial charge in [-0.1, -0.05) is 43.2 Å². The molecule has 4 heterocycles. The summed E-state index contributed by atoms with van der Waals surface area (Å²) in [6.07, 6.45) is 5.81. The van der Waals surface area contributed by atoms with Crippen molar-refractivity contribution in [2.45, 2.75) is 13.3 Å². The minimum absolute atomic E-state index is 0.0403.